The van der Waals surface area contributed by atoms with Gasteiger partial charge in [0.1, 0.15) is 18.9 Å². The van der Waals surface area contributed by atoms with Crippen LogP contribution in [0.15, 0.2) is 15.8 Å². The molecule has 21 heavy (non-hydrogen) atoms. The van der Waals surface area contributed by atoms with Gasteiger partial charge in [-0.3, -0.25) is 14.2 Å². The molecule has 3 atom stereocenters. The Kier molecular flexibility index (Phi) is 4.26. The molecule has 0 aromatic carbocycles. The molecule has 0 unspecified atom stereocenters. The van der Waals surface area contributed by atoms with Crippen molar-refractivity contribution in [2.75, 3.05) is 6.61 Å². The van der Waals surface area contributed by atoms with Crippen LogP contribution in [0.4, 0.5) is 0 Å². The Hall–Kier alpha value is -1.97. The van der Waals surface area contributed by atoms with Gasteiger partial charge in [-0.05, 0) is 6.92 Å². The minimum absolute atomic E-state index is 0.0653. The average Bonchev–Trinajstić information content (AvgIpc) is 2.79. The van der Waals surface area contributed by atoms with Crippen molar-refractivity contribution in [2.45, 2.75) is 38.3 Å². The number of nitrogens with zero attached hydrogens (tertiary/aromatic N) is 2. The van der Waals surface area contributed by atoms with Crippen molar-refractivity contribution in [3.05, 3.63) is 32.6 Å². The first-order valence-corrected chi connectivity index (χ1v) is 6.34. The summed E-state index contributed by atoms with van der Waals surface area (Å²) in [5.74, 6) is -1.31. The molecule has 1 fully saturated rings. The number of aromatic nitrogens is 2. The van der Waals surface area contributed by atoms with E-state index >= 15 is 0 Å². The van der Waals surface area contributed by atoms with E-state index in [4.69, 9.17) is 14.9 Å². The van der Waals surface area contributed by atoms with E-state index in [1.165, 1.54) is 13.1 Å². The number of carboxylic acids is 1. The fourth-order valence-corrected chi connectivity index (χ4v) is 2.29. The van der Waals surface area contributed by atoms with Crippen molar-refractivity contribution in [3.63, 3.8) is 0 Å². The molecule has 9 heteroatoms. The fourth-order valence-electron chi connectivity index (χ4n) is 2.29. The lowest BCUT2D eigenvalue weighted by Crippen LogP contribution is -2.43. The molecular weight excluding hydrogens is 284 g/mol. The normalized spacial score (nSPS) is 25.2. The van der Waals surface area contributed by atoms with E-state index in [0.29, 0.717) is 4.57 Å². The lowest BCUT2D eigenvalue weighted by Gasteiger charge is -2.16. The van der Waals surface area contributed by atoms with Crippen LogP contribution in [0.2, 0.25) is 0 Å². The van der Waals surface area contributed by atoms with Gasteiger partial charge in [0.2, 0.25) is 0 Å². The molecule has 1 aromatic heterocycles. The molecule has 1 aliphatic heterocycles. The van der Waals surface area contributed by atoms with Gasteiger partial charge in [0.25, 0.3) is 5.56 Å². The Morgan fingerprint density at radius 2 is 2.14 bits per heavy atom. The van der Waals surface area contributed by atoms with Gasteiger partial charge in [0, 0.05) is 18.2 Å². The maximum atomic E-state index is 12.2. The summed E-state index contributed by atoms with van der Waals surface area (Å²) < 4.78 is 7.01. The molecule has 0 spiro atoms. The molecule has 1 saturated heterocycles. The van der Waals surface area contributed by atoms with Crippen LogP contribution in [0, 0.1) is 6.92 Å². The van der Waals surface area contributed by atoms with Gasteiger partial charge in [-0.25, -0.2) is 9.36 Å². The van der Waals surface area contributed by atoms with Gasteiger partial charge in [-0.2, -0.15) is 0 Å². The number of hydrogen-bond donors (Lipinski definition) is 3. The highest BCUT2D eigenvalue weighted by Crippen LogP contribution is 2.27. The monoisotopic (exact) mass is 300 g/mol. The molecular formula is C12H16N2O7. The smallest absolute Gasteiger partial charge is 0.333 e. The first kappa shape index (κ1) is 15.4. The van der Waals surface area contributed by atoms with E-state index in [0.717, 1.165) is 4.57 Å². The largest absolute Gasteiger partial charge is 0.480 e. The third-order valence-electron chi connectivity index (χ3n) is 3.35. The number of hydrogen-bond acceptors (Lipinski definition) is 6. The predicted octanol–water partition coefficient (Wildman–Crippen LogP) is -1.96. The van der Waals surface area contributed by atoms with Gasteiger partial charge in [-0.15, -0.1) is 0 Å². The van der Waals surface area contributed by atoms with Gasteiger partial charge in [0.15, 0.2) is 0 Å². The quantitative estimate of drug-likeness (QED) is 0.588. The molecule has 0 bridgehead atoms. The zero-order valence-corrected chi connectivity index (χ0v) is 11.3. The van der Waals surface area contributed by atoms with Crippen molar-refractivity contribution in [2.24, 2.45) is 0 Å². The summed E-state index contributed by atoms with van der Waals surface area (Å²) in [7, 11) is 0. The van der Waals surface area contributed by atoms with Crippen molar-refractivity contribution in [1.29, 1.82) is 0 Å². The molecule has 0 radical (unpaired) electrons. The zero-order chi connectivity index (χ0) is 15.7. The fraction of sp³-hybridized carbons (Fsp3) is 0.583. The summed E-state index contributed by atoms with van der Waals surface area (Å²) >= 11 is 0. The van der Waals surface area contributed by atoms with Crippen LogP contribution in [0.3, 0.4) is 0 Å². The number of aliphatic carboxylic acids is 1. The van der Waals surface area contributed by atoms with Gasteiger partial charge < -0.3 is 20.1 Å². The highest BCUT2D eigenvalue weighted by molar-refractivity contribution is 5.66. The topological polar surface area (TPSA) is 131 Å². The third-order valence-corrected chi connectivity index (χ3v) is 3.35. The first-order valence-electron chi connectivity index (χ1n) is 6.34. The summed E-state index contributed by atoms with van der Waals surface area (Å²) in [5.41, 5.74) is -1.33. The molecule has 0 amide bonds. The summed E-state index contributed by atoms with van der Waals surface area (Å²) in [6.45, 7) is 0.295. The standard InChI is InChI=1S/C12H16N2O7/c1-6-3-13(9-2-7(16)8(5-15)21-9)12(20)14(11(6)19)4-10(17)18/h3,7-9,15-16H,2,4-5H2,1H3,(H,17,18)/t7-,8+,9+/m0/s1. The lowest BCUT2D eigenvalue weighted by molar-refractivity contribution is -0.137. The number of ether oxygens (including phenoxy) is 1. The molecule has 9 nitrogen and oxygen atoms in total. The van der Waals surface area contributed by atoms with Crippen LogP contribution in [-0.4, -0.2) is 49.2 Å². The van der Waals surface area contributed by atoms with Crippen LogP contribution >= 0.6 is 0 Å². The zero-order valence-electron chi connectivity index (χ0n) is 11.3. The molecule has 116 valence electrons. The van der Waals surface area contributed by atoms with Gasteiger partial charge in [-0.1, -0.05) is 0 Å². The second kappa shape index (κ2) is 5.80. The third kappa shape index (κ3) is 2.89. The molecule has 2 rings (SSSR count). The number of aryl methyl sites for hydroxylation is 1. The highest BCUT2D eigenvalue weighted by atomic mass is 16.5. The van der Waals surface area contributed by atoms with Crippen LogP contribution in [0.25, 0.3) is 0 Å². The summed E-state index contributed by atoms with van der Waals surface area (Å²) in [6, 6.07) is 0. The van der Waals surface area contributed by atoms with E-state index in [9.17, 15) is 19.5 Å². The predicted molar refractivity (Wildman–Crippen MR) is 69.0 cm³/mol. The first-order chi connectivity index (χ1) is 9.85. The van der Waals surface area contributed by atoms with Crippen molar-refractivity contribution < 1.29 is 24.9 Å². The summed E-state index contributed by atoms with van der Waals surface area (Å²) in [5, 5.41) is 27.5. The Labute approximate surface area is 118 Å². The number of carboxylic acid groups (broad SMARTS) is 1. The minimum atomic E-state index is -1.31. The van der Waals surface area contributed by atoms with Crippen molar-refractivity contribution >= 4 is 5.97 Å². The Bertz CT molecular complexity index is 663. The van der Waals surface area contributed by atoms with E-state index in [-0.39, 0.29) is 12.0 Å². The number of aliphatic hydroxyl groups excluding tert-OH is 2. The summed E-state index contributed by atoms with van der Waals surface area (Å²) in [6.07, 6.45) is -1.28. The molecule has 0 saturated carbocycles. The molecule has 3 N–H and O–H groups in total. The summed E-state index contributed by atoms with van der Waals surface area (Å²) in [4.78, 5) is 34.8. The maximum Gasteiger partial charge on any atom is 0.333 e. The number of rotatable bonds is 4. The van der Waals surface area contributed by atoms with E-state index in [1.807, 2.05) is 0 Å². The van der Waals surface area contributed by atoms with Crippen LogP contribution in [0.5, 0.6) is 0 Å². The van der Waals surface area contributed by atoms with E-state index < -0.39 is 48.8 Å². The Morgan fingerprint density at radius 1 is 1.48 bits per heavy atom. The molecule has 1 aromatic rings. The number of carbonyl (C=O) groups is 1. The van der Waals surface area contributed by atoms with E-state index in [2.05, 4.69) is 0 Å². The average molecular weight is 300 g/mol. The van der Waals surface area contributed by atoms with Gasteiger partial charge in [0.05, 0.1) is 12.7 Å². The van der Waals surface area contributed by atoms with Crippen LogP contribution in [0.1, 0.15) is 18.2 Å². The van der Waals surface area contributed by atoms with Crippen molar-refractivity contribution in [3.8, 4) is 0 Å². The van der Waals surface area contributed by atoms with Crippen molar-refractivity contribution in [1.82, 2.24) is 9.13 Å². The van der Waals surface area contributed by atoms with Crippen LogP contribution in [-0.2, 0) is 16.1 Å². The highest BCUT2D eigenvalue weighted by Gasteiger charge is 2.35. The second-order valence-electron chi connectivity index (χ2n) is 4.90. The second-order valence-corrected chi connectivity index (χ2v) is 4.90. The van der Waals surface area contributed by atoms with E-state index in [1.54, 1.807) is 0 Å². The Morgan fingerprint density at radius 3 is 2.67 bits per heavy atom. The van der Waals surface area contributed by atoms with Crippen LogP contribution < -0.4 is 11.2 Å². The molecule has 2 heterocycles. The van der Waals surface area contributed by atoms with Gasteiger partial charge >= 0.3 is 11.7 Å². The number of aliphatic hydroxyl groups is 2. The lowest BCUT2D eigenvalue weighted by atomic mass is 10.2. The minimum Gasteiger partial charge on any atom is -0.480 e. The molecule has 1 aliphatic rings. The SMILES string of the molecule is Cc1cn([C@H]2C[C@H](O)[C@@H](CO)O2)c(=O)n(CC(=O)O)c1=O. The maximum absolute atomic E-state index is 12.2. The Balaban J connectivity index is 2.46. The molecule has 0 aliphatic carbocycles.